The number of ether oxygens (including phenoxy) is 1. The highest BCUT2D eigenvalue weighted by atomic mass is 79.9. The third kappa shape index (κ3) is 5.46. The number of hydrogen-bond acceptors (Lipinski definition) is 6. The molecule has 1 heterocycles. The molecule has 0 atom stereocenters. The summed E-state index contributed by atoms with van der Waals surface area (Å²) in [6.07, 6.45) is 1.63. The number of carbonyl (C=O) groups excluding carboxylic acids is 2. The largest absolute Gasteiger partial charge is 0.462 e. The van der Waals surface area contributed by atoms with E-state index in [0.717, 1.165) is 10.0 Å². The van der Waals surface area contributed by atoms with Crippen LogP contribution in [-0.4, -0.2) is 29.2 Å². The minimum atomic E-state index is -0.423. The Morgan fingerprint density at radius 3 is 2.75 bits per heavy atom. The topological polar surface area (TPSA) is 81.4 Å². The lowest BCUT2D eigenvalue weighted by atomic mass is 10.2. The maximum atomic E-state index is 12.2. The van der Waals surface area contributed by atoms with Crippen LogP contribution in [0.25, 0.3) is 11.3 Å². The Labute approximate surface area is 174 Å². The lowest BCUT2D eigenvalue weighted by Crippen LogP contribution is -2.14. The van der Waals surface area contributed by atoms with Gasteiger partial charge in [0.1, 0.15) is 0 Å². The molecule has 0 saturated carbocycles. The molecule has 6 nitrogen and oxygen atoms in total. The van der Waals surface area contributed by atoms with Gasteiger partial charge in [0.15, 0.2) is 5.76 Å². The average Bonchev–Trinajstić information content (AvgIpc) is 3.16. The zero-order valence-electron chi connectivity index (χ0n) is 15.0. The van der Waals surface area contributed by atoms with Gasteiger partial charge in [0.2, 0.25) is 5.91 Å². The third-order valence-corrected chi connectivity index (χ3v) is 4.97. The Hall–Kier alpha value is -2.58. The summed E-state index contributed by atoms with van der Waals surface area (Å²) in [6.45, 7) is 2.04. The highest BCUT2D eigenvalue weighted by molar-refractivity contribution is 9.10. The van der Waals surface area contributed by atoms with Crippen LogP contribution in [-0.2, 0) is 9.53 Å². The van der Waals surface area contributed by atoms with Crippen LogP contribution in [0.2, 0.25) is 0 Å². The van der Waals surface area contributed by atoms with Crippen molar-refractivity contribution < 1.29 is 18.7 Å². The number of nitrogens with one attached hydrogen (secondary N) is 1. The van der Waals surface area contributed by atoms with Crippen LogP contribution in [0.3, 0.4) is 0 Å². The minimum absolute atomic E-state index is 0.129. The Bertz CT molecular complexity index is 972. The summed E-state index contributed by atoms with van der Waals surface area (Å²) in [5.74, 6) is 0.115. The molecule has 0 saturated heterocycles. The number of hydrogen-bond donors (Lipinski definition) is 1. The summed E-state index contributed by atoms with van der Waals surface area (Å²) in [5.41, 5.74) is 1.82. The molecule has 1 N–H and O–H groups in total. The number of amides is 1. The zero-order chi connectivity index (χ0) is 19.9. The first-order valence-corrected chi connectivity index (χ1v) is 10.2. The number of esters is 1. The van der Waals surface area contributed by atoms with Gasteiger partial charge in [-0.25, -0.2) is 9.78 Å². The predicted octanol–water partition coefficient (Wildman–Crippen LogP) is 5.01. The maximum absolute atomic E-state index is 12.2. The number of carbonyl (C=O) groups is 2. The Morgan fingerprint density at radius 2 is 2.00 bits per heavy atom. The monoisotopic (exact) mass is 460 g/mol. The van der Waals surface area contributed by atoms with E-state index in [1.165, 1.54) is 11.8 Å². The Kier molecular flexibility index (Phi) is 6.89. The first kappa shape index (κ1) is 20.2. The van der Waals surface area contributed by atoms with Crippen molar-refractivity contribution >= 4 is 45.3 Å². The summed E-state index contributed by atoms with van der Waals surface area (Å²) < 4.78 is 11.6. The summed E-state index contributed by atoms with van der Waals surface area (Å²) in [7, 11) is 0. The van der Waals surface area contributed by atoms with Crippen LogP contribution in [0.5, 0.6) is 0 Å². The number of benzene rings is 2. The van der Waals surface area contributed by atoms with Gasteiger partial charge in [-0.3, -0.25) is 4.79 Å². The van der Waals surface area contributed by atoms with Crippen LogP contribution in [0.4, 0.5) is 5.69 Å². The second-order valence-corrected chi connectivity index (χ2v) is 7.48. The summed E-state index contributed by atoms with van der Waals surface area (Å²) in [5, 5.41) is 3.16. The van der Waals surface area contributed by atoms with E-state index in [1.807, 2.05) is 24.3 Å². The van der Waals surface area contributed by atoms with Gasteiger partial charge in [-0.15, -0.1) is 0 Å². The first-order chi connectivity index (χ1) is 13.5. The van der Waals surface area contributed by atoms with E-state index in [-0.39, 0.29) is 11.7 Å². The quantitative estimate of drug-likeness (QED) is 0.394. The molecule has 28 heavy (non-hydrogen) atoms. The molecule has 0 bridgehead atoms. The summed E-state index contributed by atoms with van der Waals surface area (Å²) in [6, 6.07) is 14.3. The predicted molar refractivity (Wildman–Crippen MR) is 111 cm³/mol. The molecule has 0 fully saturated rings. The van der Waals surface area contributed by atoms with Crippen molar-refractivity contribution in [1.29, 1.82) is 0 Å². The van der Waals surface area contributed by atoms with Crippen LogP contribution in [0.1, 0.15) is 17.3 Å². The molecule has 3 aromatic rings. The van der Waals surface area contributed by atoms with E-state index >= 15 is 0 Å². The SMILES string of the molecule is CCOC(=O)c1cccc(NC(=O)CSc2ncc(-c3ccc(Br)cc3)o2)c1. The molecule has 8 heteroatoms. The van der Waals surface area contributed by atoms with E-state index < -0.39 is 5.97 Å². The molecule has 2 aromatic carbocycles. The molecule has 0 aliphatic carbocycles. The third-order valence-electron chi connectivity index (χ3n) is 3.60. The number of halogens is 1. The van der Waals surface area contributed by atoms with Crippen molar-refractivity contribution in [2.75, 3.05) is 17.7 Å². The van der Waals surface area contributed by atoms with Gasteiger partial charge in [0, 0.05) is 15.7 Å². The smallest absolute Gasteiger partial charge is 0.338 e. The molecule has 0 radical (unpaired) electrons. The van der Waals surface area contributed by atoms with Gasteiger partial charge in [-0.2, -0.15) is 0 Å². The van der Waals surface area contributed by atoms with Gasteiger partial charge < -0.3 is 14.5 Å². The Balaban J connectivity index is 1.56. The van der Waals surface area contributed by atoms with E-state index in [1.54, 1.807) is 37.4 Å². The van der Waals surface area contributed by atoms with Crippen LogP contribution < -0.4 is 5.32 Å². The van der Waals surface area contributed by atoms with Gasteiger partial charge >= 0.3 is 5.97 Å². The molecule has 144 valence electrons. The molecule has 3 rings (SSSR count). The van der Waals surface area contributed by atoms with E-state index in [9.17, 15) is 9.59 Å². The van der Waals surface area contributed by atoms with Crippen LogP contribution in [0.15, 0.2) is 68.8 Å². The highest BCUT2D eigenvalue weighted by Gasteiger charge is 2.11. The second-order valence-electron chi connectivity index (χ2n) is 5.64. The van der Waals surface area contributed by atoms with Crippen molar-refractivity contribution in [3.63, 3.8) is 0 Å². The lowest BCUT2D eigenvalue weighted by Gasteiger charge is -2.06. The summed E-state index contributed by atoms with van der Waals surface area (Å²) >= 11 is 4.59. The average molecular weight is 461 g/mol. The van der Waals surface area contributed by atoms with Gasteiger partial charge in [0.05, 0.1) is 24.1 Å². The minimum Gasteiger partial charge on any atom is -0.462 e. The highest BCUT2D eigenvalue weighted by Crippen LogP contribution is 2.26. The van der Waals surface area contributed by atoms with Crippen molar-refractivity contribution in [1.82, 2.24) is 4.98 Å². The van der Waals surface area contributed by atoms with Gasteiger partial charge in [-0.1, -0.05) is 45.9 Å². The number of thioether (sulfide) groups is 1. The van der Waals surface area contributed by atoms with Gasteiger partial charge in [-0.05, 0) is 37.3 Å². The number of rotatable bonds is 7. The van der Waals surface area contributed by atoms with E-state index in [0.29, 0.717) is 28.8 Å². The number of aromatic nitrogens is 1. The number of oxazole rings is 1. The molecule has 0 unspecified atom stereocenters. The molecule has 0 aliphatic heterocycles. The molecule has 0 spiro atoms. The van der Waals surface area contributed by atoms with Crippen molar-refractivity contribution in [3.05, 3.63) is 64.8 Å². The fourth-order valence-corrected chi connectivity index (χ4v) is 3.20. The van der Waals surface area contributed by atoms with Crippen molar-refractivity contribution in [3.8, 4) is 11.3 Å². The number of anilines is 1. The fraction of sp³-hybridized carbons (Fsp3) is 0.150. The van der Waals surface area contributed by atoms with Gasteiger partial charge in [0.25, 0.3) is 5.22 Å². The molecular weight excluding hydrogens is 444 g/mol. The fourth-order valence-electron chi connectivity index (χ4n) is 2.34. The first-order valence-electron chi connectivity index (χ1n) is 8.46. The van der Waals surface area contributed by atoms with Crippen LogP contribution in [0, 0.1) is 0 Å². The lowest BCUT2D eigenvalue weighted by molar-refractivity contribution is -0.113. The number of nitrogens with zero attached hydrogens (tertiary/aromatic N) is 1. The van der Waals surface area contributed by atoms with Crippen LogP contribution >= 0.6 is 27.7 Å². The molecule has 0 aliphatic rings. The molecular formula is C20H17BrN2O4S. The standard InChI is InChI=1S/C20H17BrN2O4S/c1-2-26-19(25)14-4-3-5-16(10-14)23-18(24)12-28-20-22-11-17(27-20)13-6-8-15(21)9-7-13/h3-11H,2,12H2,1H3,(H,23,24). The maximum Gasteiger partial charge on any atom is 0.338 e. The van der Waals surface area contributed by atoms with E-state index in [2.05, 4.69) is 26.2 Å². The van der Waals surface area contributed by atoms with Crippen molar-refractivity contribution in [2.45, 2.75) is 12.1 Å². The summed E-state index contributed by atoms with van der Waals surface area (Å²) in [4.78, 5) is 28.1. The Morgan fingerprint density at radius 1 is 1.21 bits per heavy atom. The van der Waals surface area contributed by atoms with E-state index in [4.69, 9.17) is 9.15 Å². The second kappa shape index (κ2) is 9.57. The van der Waals surface area contributed by atoms with Crippen molar-refractivity contribution in [2.24, 2.45) is 0 Å². The molecule has 1 aromatic heterocycles. The zero-order valence-corrected chi connectivity index (χ0v) is 17.4. The molecule has 1 amide bonds. The normalized spacial score (nSPS) is 10.5.